The minimum Gasteiger partial charge on any atom is -0.353 e. The summed E-state index contributed by atoms with van der Waals surface area (Å²) >= 11 is 8.02. The van der Waals surface area contributed by atoms with E-state index in [1.54, 1.807) is 0 Å². The largest absolute Gasteiger partial charge is 0.353 e. The maximum absolute atomic E-state index is 5.99. The van der Waals surface area contributed by atoms with Crippen LogP contribution in [0.5, 0.6) is 0 Å². The molecule has 94 valence electrons. The number of hydrogen-bond acceptors (Lipinski definition) is 4. The fourth-order valence-corrected chi connectivity index (χ4v) is 3.72. The van der Waals surface area contributed by atoms with Gasteiger partial charge in [-0.2, -0.15) is 11.8 Å². The Hall–Kier alpha value is -0.480. The van der Waals surface area contributed by atoms with Gasteiger partial charge in [-0.1, -0.05) is 25.4 Å². The molecule has 2 rings (SSSR count). The molecular formula is C12H18ClN3S. The molecule has 0 bridgehead atoms. The highest BCUT2D eigenvalue weighted by Crippen LogP contribution is 2.30. The van der Waals surface area contributed by atoms with Gasteiger partial charge in [-0.05, 0) is 25.0 Å². The van der Waals surface area contributed by atoms with Crippen LogP contribution in [0.3, 0.4) is 0 Å². The molecule has 2 atom stereocenters. The molecule has 2 heterocycles. The standard InChI is InChI=1S/C12H18ClN3S/c1-7-5-16(6-8(2)17-7)12-10(4)9(3)11(13)14-15-12/h7-8H,5-6H2,1-4H3. The van der Waals surface area contributed by atoms with Crippen molar-refractivity contribution in [3.05, 3.63) is 16.3 Å². The molecule has 1 aliphatic rings. The Labute approximate surface area is 112 Å². The highest BCUT2D eigenvalue weighted by Gasteiger charge is 2.25. The van der Waals surface area contributed by atoms with E-state index in [-0.39, 0.29) is 0 Å². The summed E-state index contributed by atoms with van der Waals surface area (Å²) in [5.41, 5.74) is 2.19. The van der Waals surface area contributed by atoms with Crippen molar-refractivity contribution < 1.29 is 0 Å². The fourth-order valence-electron chi connectivity index (χ4n) is 2.21. The maximum Gasteiger partial charge on any atom is 0.155 e. The number of thioether (sulfide) groups is 1. The number of anilines is 1. The molecule has 1 aromatic rings. The summed E-state index contributed by atoms with van der Waals surface area (Å²) in [5, 5.41) is 10.1. The summed E-state index contributed by atoms with van der Waals surface area (Å²) in [6, 6.07) is 0. The van der Waals surface area contributed by atoms with E-state index in [1.807, 2.05) is 18.7 Å². The third-order valence-corrected chi connectivity index (χ3v) is 4.75. The molecule has 2 unspecified atom stereocenters. The van der Waals surface area contributed by atoms with E-state index in [2.05, 4.69) is 35.9 Å². The van der Waals surface area contributed by atoms with E-state index < -0.39 is 0 Å². The molecule has 0 saturated carbocycles. The highest BCUT2D eigenvalue weighted by molar-refractivity contribution is 8.00. The van der Waals surface area contributed by atoms with Crippen molar-refractivity contribution in [3.8, 4) is 0 Å². The molecule has 3 nitrogen and oxygen atoms in total. The second kappa shape index (κ2) is 5.02. The van der Waals surface area contributed by atoms with Gasteiger partial charge in [-0.15, -0.1) is 10.2 Å². The molecule has 0 aromatic carbocycles. The van der Waals surface area contributed by atoms with Crippen LogP contribution in [0.25, 0.3) is 0 Å². The van der Waals surface area contributed by atoms with Gasteiger partial charge in [-0.25, -0.2) is 0 Å². The van der Waals surface area contributed by atoms with Crippen LogP contribution in [0.15, 0.2) is 0 Å². The van der Waals surface area contributed by atoms with Crippen molar-refractivity contribution in [3.63, 3.8) is 0 Å². The number of hydrogen-bond donors (Lipinski definition) is 0. The molecule has 17 heavy (non-hydrogen) atoms. The van der Waals surface area contributed by atoms with E-state index in [4.69, 9.17) is 11.6 Å². The van der Waals surface area contributed by atoms with Gasteiger partial charge < -0.3 is 4.90 Å². The van der Waals surface area contributed by atoms with Crippen LogP contribution in [0.4, 0.5) is 5.82 Å². The van der Waals surface area contributed by atoms with Gasteiger partial charge in [0.05, 0.1) is 0 Å². The third kappa shape index (κ3) is 2.68. The molecule has 1 saturated heterocycles. The van der Waals surface area contributed by atoms with Crippen molar-refractivity contribution >= 4 is 29.2 Å². The third-order valence-electron chi connectivity index (χ3n) is 3.16. The molecule has 0 spiro atoms. The Morgan fingerprint density at radius 2 is 1.71 bits per heavy atom. The van der Waals surface area contributed by atoms with Gasteiger partial charge in [0.25, 0.3) is 0 Å². The summed E-state index contributed by atoms with van der Waals surface area (Å²) in [4.78, 5) is 2.33. The zero-order chi connectivity index (χ0) is 12.6. The Balaban J connectivity index is 2.31. The number of rotatable bonds is 1. The molecule has 1 aliphatic heterocycles. The van der Waals surface area contributed by atoms with Gasteiger partial charge in [0.2, 0.25) is 0 Å². The summed E-state index contributed by atoms with van der Waals surface area (Å²) in [5.74, 6) is 0.992. The van der Waals surface area contributed by atoms with Crippen LogP contribution < -0.4 is 4.90 Å². The number of halogens is 1. The fraction of sp³-hybridized carbons (Fsp3) is 0.667. The lowest BCUT2D eigenvalue weighted by Crippen LogP contribution is -2.41. The van der Waals surface area contributed by atoms with Gasteiger partial charge in [0.1, 0.15) is 0 Å². The van der Waals surface area contributed by atoms with Crippen LogP contribution in [0.2, 0.25) is 5.15 Å². The lowest BCUT2D eigenvalue weighted by atomic mass is 10.2. The lowest BCUT2D eigenvalue weighted by molar-refractivity contribution is 0.707. The molecule has 0 N–H and O–H groups in total. The van der Waals surface area contributed by atoms with Crippen molar-refractivity contribution in [2.45, 2.75) is 38.2 Å². The second-order valence-electron chi connectivity index (χ2n) is 4.73. The molecule has 1 aromatic heterocycles. The summed E-state index contributed by atoms with van der Waals surface area (Å²) in [7, 11) is 0. The topological polar surface area (TPSA) is 29.0 Å². The summed E-state index contributed by atoms with van der Waals surface area (Å²) in [6.45, 7) is 10.7. The van der Waals surface area contributed by atoms with E-state index in [9.17, 15) is 0 Å². The first-order chi connectivity index (χ1) is 7.99. The normalized spacial score (nSPS) is 25.1. The maximum atomic E-state index is 5.99. The average Bonchev–Trinajstić information content (AvgIpc) is 2.24. The first-order valence-electron chi connectivity index (χ1n) is 5.88. The van der Waals surface area contributed by atoms with Gasteiger partial charge >= 0.3 is 0 Å². The Morgan fingerprint density at radius 1 is 1.12 bits per heavy atom. The second-order valence-corrected chi connectivity index (χ2v) is 6.97. The monoisotopic (exact) mass is 271 g/mol. The van der Waals surface area contributed by atoms with Crippen molar-refractivity contribution in [1.82, 2.24) is 10.2 Å². The smallest absolute Gasteiger partial charge is 0.155 e. The molecule has 5 heteroatoms. The predicted molar refractivity (Wildman–Crippen MR) is 75.2 cm³/mol. The van der Waals surface area contributed by atoms with E-state index in [0.29, 0.717) is 15.7 Å². The molecule has 1 fully saturated rings. The molecule has 0 amide bonds. The lowest BCUT2D eigenvalue weighted by Gasteiger charge is -2.36. The highest BCUT2D eigenvalue weighted by atomic mass is 35.5. The average molecular weight is 272 g/mol. The van der Waals surface area contributed by atoms with Gasteiger partial charge in [-0.3, -0.25) is 0 Å². The number of aromatic nitrogens is 2. The Kier molecular flexibility index (Phi) is 3.83. The first kappa shape index (κ1) is 13.0. The van der Waals surface area contributed by atoms with Crippen molar-refractivity contribution in [2.75, 3.05) is 18.0 Å². The Bertz CT molecular complexity index is 414. The number of nitrogens with zero attached hydrogens (tertiary/aromatic N) is 3. The van der Waals surface area contributed by atoms with Crippen LogP contribution in [0, 0.1) is 13.8 Å². The molecule has 0 aliphatic carbocycles. The quantitative estimate of drug-likeness (QED) is 0.785. The molecule has 0 radical (unpaired) electrons. The van der Waals surface area contributed by atoms with E-state index in [1.165, 1.54) is 0 Å². The summed E-state index contributed by atoms with van der Waals surface area (Å²) in [6.07, 6.45) is 0. The Morgan fingerprint density at radius 3 is 2.29 bits per heavy atom. The molecular weight excluding hydrogens is 254 g/mol. The summed E-state index contributed by atoms with van der Waals surface area (Å²) < 4.78 is 0. The van der Waals surface area contributed by atoms with Crippen LogP contribution in [-0.2, 0) is 0 Å². The van der Waals surface area contributed by atoms with Crippen molar-refractivity contribution in [1.29, 1.82) is 0 Å². The zero-order valence-corrected chi connectivity index (χ0v) is 12.3. The van der Waals surface area contributed by atoms with E-state index >= 15 is 0 Å². The predicted octanol–water partition coefficient (Wildman–Crippen LogP) is 3.08. The zero-order valence-electron chi connectivity index (χ0n) is 10.7. The first-order valence-corrected chi connectivity index (χ1v) is 7.21. The van der Waals surface area contributed by atoms with Gasteiger partial charge in [0.15, 0.2) is 11.0 Å². The van der Waals surface area contributed by atoms with Gasteiger partial charge in [0, 0.05) is 23.6 Å². The van der Waals surface area contributed by atoms with Crippen LogP contribution in [0.1, 0.15) is 25.0 Å². The minimum absolute atomic E-state index is 0.513. The SMILES string of the molecule is Cc1c(Cl)nnc(N2CC(C)SC(C)C2)c1C. The van der Waals surface area contributed by atoms with Crippen LogP contribution >= 0.6 is 23.4 Å². The van der Waals surface area contributed by atoms with Crippen molar-refractivity contribution in [2.24, 2.45) is 0 Å². The van der Waals surface area contributed by atoms with E-state index in [0.717, 1.165) is 30.0 Å². The van der Waals surface area contributed by atoms with Crippen LogP contribution in [-0.4, -0.2) is 33.8 Å². The minimum atomic E-state index is 0.513.